The number of nitrogens with zero attached hydrogens (tertiary/aromatic N) is 3. The number of hydrogen-bond donors (Lipinski definition) is 1. The van der Waals surface area contributed by atoms with Crippen LogP contribution in [0.15, 0.2) is 36.7 Å². The molecule has 0 aliphatic carbocycles. The lowest BCUT2D eigenvalue weighted by molar-refractivity contribution is 0.000201. The maximum atomic E-state index is 11.4. The monoisotopic (exact) mass is 349 g/mol. The Bertz CT molecular complexity index is 705. The number of carbonyl (C=O) groups is 1. The molecule has 24 heavy (non-hydrogen) atoms. The second-order valence-electron chi connectivity index (χ2n) is 5.91. The molecular formula is C17H20ClN3O3. The van der Waals surface area contributed by atoms with Crippen LogP contribution in [0.5, 0.6) is 0 Å². The smallest absolute Gasteiger partial charge is 0.407 e. The van der Waals surface area contributed by atoms with Gasteiger partial charge in [-0.25, -0.2) is 4.79 Å². The van der Waals surface area contributed by atoms with Crippen molar-refractivity contribution in [3.63, 3.8) is 0 Å². The van der Waals surface area contributed by atoms with Crippen LogP contribution in [0.1, 0.15) is 24.1 Å². The maximum absolute atomic E-state index is 11.4. The predicted molar refractivity (Wildman–Crippen MR) is 90.5 cm³/mol. The molecule has 128 valence electrons. The standard InChI is InChI=1S/C17H20ClN3O3/c1-12(21-6-2-5-19-21)16-10-14(18)4-3-13(16)9-15-11-24-8-7-20(15)17(22)23/h2-6,10,12,15H,7-9,11H2,1H3,(H,22,23)/t12-,15-/m0/s1. The van der Waals surface area contributed by atoms with Crippen molar-refractivity contribution in [3.8, 4) is 0 Å². The van der Waals surface area contributed by atoms with Crippen molar-refractivity contribution in [3.05, 3.63) is 52.8 Å². The first kappa shape index (κ1) is 16.8. The van der Waals surface area contributed by atoms with Crippen molar-refractivity contribution in [1.29, 1.82) is 0 Å². The highest BCUT2D eigenvalue weighted by molar-refractivity contribution is 6.30. The van der Waals surface area contributed by atoms with E-state index < -0.39 is 6.09 Å². The fraction of sp³-hybridized carbons (Fsp3) is 0.412. The van der Waals surface area contributed by atoms with Crippen LogP contribution in [0.3, 0.4) is 0 Å². The van der Waals surface area contributed by atoms with E-state index in [1.54, 1.807) is 6.20 Å². The molecule has 7 heteroatoms. The Morgan fingerprint density at radius 3 is 3.08 bits per heavy atom. The summed E-state index contributed by atoms with van der Waals surface area (Å²) >= 11 is 6.19. The Morgan fingerprint density at radius 1 is 1.54 bits per heavy atom. The van der Waals surface area contributed by atoms with Crippen molar-refractivity contribution in [2.45, 2.75) is 25.4 Å². The van der Waals surface area contributed by atoms with Crippen LogP contribution >= 0.6 is 11.6 Å². The average Bonchev–Trinajstić information content (AvgIpc) is 3.10. The molecule has 1 fully saturated rings. The van der Waals surface area contributed by atoms with E-state index in [2.05, 4.69) is 12.0 Å². The number of rotatable bonds is 4. The molecular weight excluding hydrogens is 330 g/mol. The summed E-state index contributed by atoms with van der Waals surface area (Å²) in [6.45, 7) is 3.30. The fourth-order valence-electron chi connectivity index (χ4n) is 3.12. The summed E-state index contributed by atoms with van der Waals surface area (Å²) in [5.74, 6) is 0. The van der Waals surface area contributed by atoms with Crippen molar-refractivity contribution >= 4 is 17.7 Å². The summed E-state index contributed by atoms with van der Waals surface area (Å²) in [6, 6.07) is 7.43. The van der Waals surface area contributed by atoms with Gasteiger partial charge in [-0.3, -0.25) is 4.68 Å². The molecule has 0 radical (unpaired) electrons. The number of hydrogen-bond acceptors (Lipinski definition) is 3. The maximum Gasteiger partial charge on any atom is 0.407 e. The summed E-state index contributed by atoms with van der Waals surface area (Å²) < 4.78 is 7.35. The van der Waals surface area contributed by atoms with E-state index in [1.165, 1.54) is 4.90 Å². The highest BCUT2D eigenvalue weighted by atomic mass is 35.5. The fourth-order valence-corrected chi connectivity index (χ4v) is 3.30. The number of benzene rings is 1. The zero-order valence-corrected chi connectivity index (χ0v) is 14.2. The van der Waals surface area contributed by atoms with Crippen LogP contribution in [0.4, 0.5) is 4.79 Å². The van der Waals surface area contributed by atoms with Gasteiger partial charge in [-0.05, 0) is 42.7 Å². The molecule has 2 heterocycles. The zero-order valence-electron chi connectivity index (χ0n) is 13.4. The summed E-state index contributed by atoms with van der Waals surface area (Å²) in [5, 5.41) is 14.3. The number of aromatic nitrogens is 2. The van der Waals surface area contributed by atoms with Gasteiger partial charge in [-0.15, -0.1) is 0 Å². The van der Waals surface area contributed by atoms with E-state index in [4.69, 9.17) is 16.3 Å². The van der Waals surface area contributed by atoms with Gasteiger partial charge in [0, 0.05) is 24.0 Å². The lowest BCUT2D eigenvalue weighted by Crippen LogP contribution is -2.49. The highest BCUT2D eigenvalue weighted by Gasteiger charge is 2.28. The van der Waals surface area contributed by atoms with Crippen LogP contribution in [-0.2, 0) is 11.2 Å². The zero-order chi connectivity index (χ0) is 17.1. The molecule has 6 nitrogen and oxygen atoms in total. The van der Waals surface area contributed by atoms with Gasteiger partial charge in [0.1, 0.15) is 0 Å². The normalized spacial score (nSPS) is 19.2. The number of carboxylic acid groups (broad SMARTS) is 1. The van der Waals surface area contributed by atoms with Crippen LogP contribution in [-0.4, -0.2) is 51.7 Å². The minimum atomic E-state index is -0.904. The summed E-state index contributed by atoms with van der Waals surface area (Å²) in [6.07, 6.45) is 3.33. The number of ether oxygens (including phenoxy) is 1. The largest absolute Gasteiger partial charge is 0.465 e. The molecule has 3 rings (SSSR count). The van der Waals surface area contributed by atoms with Gasteiger partial charge in [0.25, 0.3) is 0 Å². The third-order valence-corrected chi connectivity index (χ3v) is 4.64. The SMILES string of the molecule is C[C@@H](c1cc(Cl)ccc1C[C@H]1COCCN1C(=O)O)n1cccn1. The van der Waals surface area contributed by atoms with E-state index in [0.717, 1.165) is 11.1 Å². The summed E-state index contributed by atoms with van der Waals surface area (Å²) in [7, 11) is 0. The van der Waals surface area contributed by atoms with Gasteiger partial charge in [0.05, 0.1) is 25.3 Å². The second-order valence-corrected chi connectivity index (χ2v) is 6.35. The number of amides is 1. The van der Waals surface area contributed by atoms with Crippen LogP contribution in [0.2, 0.25) is 5.02 Å². The van der Waals surface area contributed by atoms with Gasteiger partial charge in [0.2, 0.25) is 0 Å². The Hall–Kier alpha value is -2.05. The Balaban J connectivity index is 1.89. The van der Waals surface area contributed by atoms with E-state index in [1.807, 2.05) is 35.1 Å². The van der Waals surface area contributed by atoms with Gasteiger partial charge in [0.15, 0.2) is 0 Å². The van der Waals surface area contributed by atoms with Crippen LogP contribution in [0, 0.1) is 0 Å². The van der Waals surface area contributed by atoms with Gasteiger partial charge < -0.3 is 14.7 Å². The molecule has 2 atom stereocenters. The van der Waals surface area contributed by atoms with Gasteiger partial charge in [-0.2, -0.15) is 5.10 Å². The molecule has 0 bridgehead atoms. The molecule has 1 amide bonds. The lowest BCUT2D eigenvalue weighted by Gasteiger charge is -2.34. The number of halogens is 1. The molecule has 0 unspecified atom stereocenters. The summed E-state index contributed by atoms with van der Waals surface area (Å²) in [4.78, 5) is 12.9. The van der Waals surface area contributed by atoms with E-state index in [9.17, 15) is 9.90 Å². The third kappa shape index (κ3) is 3.55. The molecule has 2 aromatic rings. The second kappa shape index (κ2) is 7.23. The van der Waals surface area contributed by atoms with Crippen molar-refractivity contribution in [2.24, 2.45) is 0 Å². The Labute approximate surface area is 145 Å². The first-order chi connectivity index (χ1) is 11.6. The summed E-state index contributed by atoms with van der Waals surface area (Å²) in [5.41, 5.74) is 2.10. The predicted octanol–water partition coefficient (Wildman–Crippen LogP) is 3.07. The molecule has 1 aromatic heterocycles. The van der Waals surface area contributed by atoms with Crippen molar-refractivity contribution in [1.82, 2.24) is 14.7 Å². The van der Waals surface area contributed by atoms with Crippen LogP contribution in [0.25, 0.3) is 0 Å². The molecule has 1 N–H and O–H groups in total. The topological polar surface area (TPSA) is 67.6 Å². The van der Waals surface area contributed by atoms with Crippen LogP contribution < -0.4 is 0 Å². The molecule has 1 aliphatic rings. The molecule has 1 saturated heterocycles. The molecule has 1 aliphatic heterocycles. The minimum absolute atomic E-state index is 0.0106. The average molecular weight is 350 g/mol. The van der Waals surface area contributed by atoms with Gasteiger partial charge in [-0.1, -0.05) is 17.7 Å². The highest BCUT2D eigenvalue weighted by Crippen LogP contribution is 2.27. The minimum Gasteiger partial charge on any atom is -0.465 e. The Kier molecular flexibility index (Phi) is 5.06. The van der Waals surface area contributed by atoms with Crippen molar-refractivity contribution in [2.75, 3.05) is 19.8 Å². The molecule has 1 aromatic carbocycles. The van der Waals surface area contributed by atoms with E-state index in [-0.39, 0.29) is 12.1 Å². The van der Waals surface area contributed by atoms with Crippen molar-refractivity contribution < 1.29 is 14.6 Å². The lowest BCUT2D eigenvalue weighted by atomic mass is 9.95. The first-order valence-corrected chi connectivity index (χ1v) is 8.29. The Morgan fingerprint density at radius 2 is 2.38 bits per heavy atom. The van der Waals surface area contributed by atoms with E-state index >= 15 is 0 Å². The quantitative estimate of drug-likeness (QED) is 0.921. The first-order valence-electron chi connectivity index (χ1n) is 7.91. The van der Waals surface area contributed by atoms with Gasteiger partial charge >= 0.3 is 6.09 Å². The molecule has 0 spiro atoms. The third-order valence-electron chi connectivity index (χ3n) is 4.41. The van der Waals surface area contributed by atoms with E-state index in [0.29, 0.717) is 31.2 Å². The molecule has 0 saturated carbocycles. The number of morpholine rings is 1.